The fourth-order valence-electron chi connectivity index (χ4n) is 2.12. The Morgan fingerprint density at radius 2 is 1.92 bits per heavy atom. The van der Waals surface area contributed by atoms with Gasteiger partial charge in [-0.25, -0.2) is 0 Å². The number of benzene rings is 2. The van der Waals surface area contributed by atoms with E-state index in [1.54, 1.807) is 12.1 Å². The van der Waals surface area contributed by atoms with Crippen molar-refractivity contribution in [2.45, 2.75) is 19.9 Å². The maximum Gasteiger partial charge on any atom is 0.258 e. The van der Waals surface area contributed by atoms with E-state index in [4.69, 9.17) is 21.1 Å². The first kappa shape index (κ1) is 18.6. The number of hydrogen-bond acceptors (Lipinski definition) is 3. The highest BCUT2D eigenvalue weighted by molar-refractivity contribution is 9.10. The summed E-state index contributed by atoms with van der Waals surface area (Å²) in [6.07, 6.45) is 0. The van der Waals surface area contributed by atoms with Crippen molar-refractivity contribution in [2.75, 3.05) is 13.2 Å². The molecule has 0 saturated heterocycles. The molecule has 1 N–H and O–H groups in total. The van der Waals surface area contributed by atoms with E-state index in [-0.39, 0.29) is 18.6 Å². The van der Waals surface area contributed by atoms with Crippen LogP contribution in [0.2, 0.25) is 5.02 Å². The van der Waals surface area contributed by atoms with Crippen molar-refractivity contribution in [1.82, 2.24) is 5.32 Å². The average molecular weight is 413 g/mol. The summed E-state index contributed by atoms with van der Waals surface area (Å²) in [6.45, 7) is 4.39. The zero-order valence-corrected chi connectivity index (χ0v) is 15.9. The fraction of sp³-hybridized carbons (Fsp3) is 0.278. The SMILES string of the molecule is CCOc1ccc(C(C)NC(=O)COc2ccc(Br)cc2Cl)cc1. The molecule has 0 spiro atoms. The standard InChI is InChI=1S/C18H19BrClNO3/c1-3-23-15-7-4-13(5-8-15)12(2)21-18(22)11-24-17-9-6-14(19)10-16(17)20/h4-10,12H,3,11H2,1-2H3,(H,21,22). The monoisotopic (exact) mass is 411 g/mol. The minimum Gasteiger partial charge on any atom is -0.494 e. The lowest BCUT2D eigenvalue weighted by molar-refractivity contribution is -0.123. The molecule has 1 amide bonds. The Labute approximate surface area is 155 Å². The van der Waals surface area contributed by atoms with Gasteiger partial charge in [0, 0.05) is 4.47 Å². The van der Waals surface area contributed by atoms with Crippen LogP contribution < -0.4 is 14.8 Å². The lowest BCUT2D eigenvalue weighted by Gasteiger charge is -2.15. The van der Waals surface area contributed by atoms with E-state index in [9.17, 15) is 4.79 Å². The van der Waals surface area contributed by atoms with Crippen LogP contribution >= 0.6 is 27.5 Å². The van der Waals surface area contributed by atoms with Gasteiger partial charge in [-0.1, -0.05) is 39.7 Å². The number of hydrogen-bond donors (Lipinski definition) is 1. The Bertz CT molecular complexity index is 691. The molecule has 0 fully saturated rings. The van der Waals surface area contributed by atoms with Crippen molar-refractivity contribution in [3.63, 3.8) is 0 Å². The molecule has 2 aromatic carbocycles. The van der Waals surface area contributed by atoms with Gasteiger partial charge in [-0.15, -0.1) is 0 Å². The summed E-state index contributed by atoms with van der Waals surface area (Å²) in [7, 11) is 0. The third kappa shape index (κ3) is 5.42. The maximum atomic E-state index is 12.0. The first-order valence-corrected chi connectivity index (χ1v) is 8.76. The van der Waals surface area contributed by atoms with Crippen LogP contribution in [-0.2, 0) is 4.79 Å². The van der Waals surface area contributed by atoms with E-state index in [0.29, 0.717) is 17.4 Å². The number of carbonyl (C=O) groups is 1. The Kier molecular flexibility index (Phi) is 6.94. The summed E-state index contributed by atoms with van der Waals surface area (Å²) in [6, 6.07) is 12.8. The molecular weight excluding hydrogens is 394 g/mol. The molecular formula is C18H19BrClNO3. The molecule has 2 aromatic rings. The molecule has 0 bridgehead atoms. The summed E-state index contributed by atoms with van der Waals surface area (Å²) < 4.78 is 11.7. The minimum absolute atomic E-state index is 0.0945. The van der Waals surface area contributed by atoms with Crippen LogP contribution in [0.15, 0.2) is 46.9 Å². The molecule has 24 heavy (non-hydrogen) atoms. The predicted molar refractivity (Wildman–Crippen MR) is 98.8 cm³/mol. The van der Waals surface area contributed by atoms with E-state index >= 15 is 0 Å². The lowest BCUT2D eigenvalue weighted by Crippen LogP contribution is -2.31. The minimum atomic E-state index is -0.213. The molecule has 6 heteroatoms. The van der Waals surface area contributed by atoms with E-state index in [2.05, 4.69) is 21.2 Å². The quantitative estimate of drug-likeness (QED) is 0.713. The third-order valence-corrected chi connectivity index (χ3v) is 4.11. The van der Waals surface area contributed by atoms with Gasteiger partial charge in [-0.2, -0.15) is 0 Å². The second-order valence-electron chi connectivity index (χ2n) is 5.15. The highest BCUT2D eigenvalue weighted by Gasteiger charge is 2.11. The van der Waals surface area contributed by atoms with Crippen LogP contribution in [0.25, 0.3) is 0 Å². The highest BCUT2D eigenvalue weighted by Crippen LogP contribution is 2.27. The van der Waals surface area contributed by atoms with Gasteiger partial charge in [0.15, 0.2) is 6.61 Å². The van der Waals surface area contributed by atoms with Crippen LogP contribution in [0.3, 0.4) is 0 Å². The maximum absolute atomic E-state index is 12.0. The summed E-state index contributed by atoms with van der Waals surface area (Å²) in [5.74, 6) is 1.08. The van der Waals surface area contributed by atoms with Gasteiger partial charge in [-0.05, 0) is 49.7 Å². The van der Waals surface area contributed by atoms with E-state index < -0.39 is 0 Å². The Morgan fingerprint density at radius 3 is 2.54 bits per heavy atom. The molecule has 2 rings (SSSR count). The number of nitrogens with one attached hydrogen (secondary N) is 1. The number of rotatable bonds is 7. The summed E-state index contributed by atoms with van der Waals surface area (Å²) in [4.78, 5) is 12.0. The van der Waals surface area contributed by atoms with Crippen molar-refractivity contribution in [2.24, 2.45) is 0 Å². The van der Waals surface area contributed by atoms with Gasteiger partial charge in [0.25, 0.3) is 5.91 Å². The molecule has 0 heterocycles. The van der Waals surface area contributed by atoms with E-state index in [1.807, 2.05) is 44.2 Å². The topological polar surface area (TPSA) is 47.6 Å². The van der Waals surface area contributed by atoms with Crippen LogP contribution in [0, 0.1) is 0 Å². The Hall–Kier alpha value is -1.72. The van der Waals surface area contributed by atoms with Gasteiger partial charge < -0.3 is 14.8 Å². The first-order valence-electron chi connectivity index (χ1n) is 7.59. The van der Waals surface area contributed by atoms with E-state index in [1.165, 1.54) is 0 Å². The third-order valence-electron chi connectivity index (χ3n) is 3.32. The van der Waals surface area contributed by atoms with Crippen molar-refractivity contribution in [3.05, 3.63) is 57.5 Å². The molecule has 0 aromatic heterocycles. The van der Waals surface area contributed by atoms with Gasteiger partial charge in [-0.3, -0.25) is 4.79 Å². The Morgan fingerprint density at radius 1 is 1.21 bits per heavy atom. The van der Waals surface area contributed by atoms with Crippen molar-refractivity contribution in [3.8, 4) is 11.5 Å². The number of ether oxygens (including phenoxy) is 2. The van der Waals surface area contributed by atoms with Gasteiger partial charge in [0.1, 0.15) is 11.5 Å². The van der Waals surface area contributed by atoms with Crippen LogP contribution in [0.1, 0.15) is 25.5 Å². The molecule has 0 aliphatic heterocycles. The second kappa shape index (κ2) is 8.94. The fourth-order valence-corrected chi connectivity index (χ4v) is 2.85. The zero-order valence-electron chi connectivity index (χ0n) is 13.5. The lowest BCUT2D eigenvalue weighted by atomic mass is 10.1. The van der Waals surface area contributed by atoms with Gasteiger partial charge in [0.2, 0.25) is 0 Å². The second-order valence-corrected chi connectivity index (χ2v) is 6.48. The molecule has 1 unspecified atom stereocenters. The summed E-state index contributed by atoms with van der Waals surface area (Å²) in [5.41, 5.74) is 0.994. The number of amides is 1. The average Bonchev–Trinajstić information content (AvgIpc) is 2.55. The largest absolute Gasteiger partial charge is 0.494 e. The molecule has 0 saturated carbocycles. The van der Waals surface area contributed by atoms with Gasteiger partial charge in [0.05, 0.1) is 17.7 Å². The molecule has 128 valence electrons. The van der Waals surface area contributed by atoms with Crippen LogP contribution in [0.4, 0.5) is 0 Å². The molecule has 1 atom stereocenters. The molecule has 0 radical (unpaired) electrons. The van der Waals surface area contributed by atoms with E-state index in [0.717, 1.165) is 15.8 Å². The summed E-state index contributed by atoms with van der Waals surface area (Å²) >= 11 is 9.38. The van der Waals surface area contributed by atoms with Gasteiger partial charge >= 0.3 is 0 Å². The first-order chi connectivity index (χ1) is 11.5. The van der Waals surface area contributed by atoms with Crippen LogP contribution in [0.5, 0.6) is 11.5 Å². The van der Waals surface area contributed by atoms with Crippen molar-refractivity contribution >= 4 is 33.4 Å². The predicted octanol–water partition coefficient (Wildman–Crippen LogP) is 4.76. The normalized spacial score (nSPS) is 11.7. The molecule has 0 aliphatic carbocycles. The Balaban J connectivity index is 1.87. The van der Waals surface area contributed by atoms with Crippen LogP contribution in [-0.4, -0.2) is 19.1 Å². The molecule has 0 aliphatic rings. The smallest absolute Gasteiger partial charge is 0.258 e. The molecule has 4 nitrogen and oxygen atoms in total. The number of carbonyl (C=O) groups excluding carboxylic acids is 1. The number of halogens is 2. The summed E-state index contributed by atoms with van der Waals surface area (Å²) in [5, 5.41) is 3.35. The van der Waals surface area contributed by atoms with Crippen molar-refractivity contribution < 1.29 is 14.3 Å². The highest BCUT2D eigenvalue weighted by atomic mass is 79.9. The van der Waals surface area contributed by atoms with Crippen molar-refractivity contribution in [1.29, 1.82) is 0 Å². The zero-order chi connectivity index (χ0) is 17.5.